The molecule has 0 aliphatic carbocycles. The molecule has 0 saturated heterocycles. The van der Waals surface area contributed by atoms with Crippen LogP contribution in [0.15, 0.2) is 35.7 Å². The van der Waals surface area contributed by atoms with E-state index in [1.54, 1.807) is 0 Å². The van der Waals surface area contributed by atoms with Gasteiger partial charge in [-0.3, -0.25) is 0 Å². The van der Waals surface area contributed by atoms with E-state index in [0.29, 0.717) is 12.5 Å². The molecule has 2 aromatic rings. The third-order valence-corrected chi connectivity index (χ3v) is 3.93. The minimum atomic E-state index is 0.437. The maximum atomic E-state index is 5.93. The predicted molar refractivity (Wildman–Crippen MR) is 75.7 cm³/mol. The molecule has 2 heteroatoms. The second-order valence-corrected chi connectivity index (χ2v) is 5.67. The van der Waals surface area contributed by atoms with Gasteiger partial charge in [0, 0.05) is 10.8 Å². The van der Waals surface area contributed by atoms with E-state index in [2.05, 4.69) is 49.6 Å². The Bertz CT molecular complexity index is 453. The Hall–Kier alpha value is -1.12. The molecule has 1 heterocycles. The SMILES string of the molecule is Cc1cc(C)cc(C(CN)Cc2cccs2)c1. The van der Waals surface area contributed by atoms with Crippen LogP contribution in [0.4, 0.5) is 0 Å². The second-order valence-electron chi connectivity index (χ2n) is 4.64. The van der Waals surface area contributed by atoms with E-state index in [1.807, 2.05) is 11.3 Å². The molecule has 1 nitrogen and oxygen atoms in total. The highest BCUT2D eigenvalue weighted by atomic mass is 32.1. The molecule has 1 aromatic heterocycles. The quantitative estimate of drug-likeness (QED) is 0.874. The zero-order valence-electron chi connectivity index (χ0n) is 10.4. The largest absolute Gasteiger partial charge is 0.330 e. The minimum Gasteiger partial charge on any atom is -0.330 e. The number of rotatable bonds is 4. The van der Waals surface area contributed by atoms with Gasteiger partial charge in [-0.1, -0.05) is 35.4 Å². The highest BCUT2D eigenvalue weighted by Crippen LogP contribution is 2.24. The summed E-state index contributed by atoms with van der Waals surface area (Å²) in [6.45, 7) is 5.01. The first kappa shape index (κ1) is 12.3. The van der Waals surface area contributed by atoms with Gasteiger partial charge >= 0.3 is 0 Å². The van der Waals surface area contributed by atoms with E-state index in [4.69, 9.17) is 5.73 Å². The summed E-state index contributed by atoms with van der Waals surface area (Å²) in [7, 11) is 0. The first-order valence-corrected chi connectivity index (χ1v) is 6.87. The van der Waals surface area contributed by atoms with Crippen molar-refractivity contribution in [1.29, 1.82) is 0 Å². The van der Waals surface area contributed by atoms with E-state index in [9.17, 15) is 0 Å². The summed E-state index contributed by atoms with van der Waals surface area (Å²) >= 11 is 1.81. The lowest BCUT2D eigenvalue weighted by molar-refractivity contribution is 0.700. The molecule has 1 atom stereocenters. The second kappa shape index (κ2) is 5.48. The predicted octanol–water partition coefficient (Wildman–Crippen LogP) is 3.65. The topological polar surface area (TPSA) is 26.0 Å². The Labute approximate surface area is 107 Å². The van der Waals surface area contributed by atoms with E-state index in [-0.39, 0.29) is 0 Å². The van der Waals surface area contributed by atoms with Crippen molar-refractivity contribution >= 4 is 11.3 Å². The molecule has 0 amide bonds. The van der Waals surface area contributed by atoms with E-state index < -0.39 is 0 Å². The van der Waals surface area contributed by atoms with Crippen LogP contribution in [0.25, 0.3) is 0 Å². The molecule has 0 bridgehead atoms. The third kappa shape index (κ3) is 3.18. The van der Waals surface area contributed by atoms with Gasteiger partial charge in [-0.2, -0.15) is 0 Å². The fourth-order valence-corrected chi connectivity index (χ4v) is 3.04. The smallest absolute Gasteiger partial charge is 0.00517 e. The fourth-order valence-electron chi connectivity index (χ4n) is 2.25. The average Bonchev–Trinajstić information content (AvgIpc) is 2.77. The zero-order chi connectivity index (χ0) is 12.3. The number of hydrogen-bond donors (Lipinski definition) is 1. The van der Waals surface area contributed by atoms with Crippen molar-refractivity contribution in [2.45, 2.75) is 26.2 Å². The highest BCUT2D eigenvalue weighted by Gasteiger charge is 2.12. The zero-order valence-corrected chi connectivity index (χ0v) is 11.3. The number of aryl methyl sites for hydroxylation is 2. The summed E-state index contributed by atoms with van der Waals surface area (Å²) in [6.07, 6.45) is 1.05. The van der Waals surface area contributed by atoms with Crippen LogP contribution in [0.2, 0.25) is 0 Å². The standard InChI is InChI=1S/C15H19NS/c1-11-6-12(2)8-13(7-11)14(10-16)9-15-4-3-5-17-15/h3-8,14H,9-10,16H2,1-2H3. The van der Waals surface area contributed by atoms with Crippen LogP contribution >= 0.6 is 11.3 Å². The van der Waals surface area contributed by atoms with Crippen molar-refractivity contribution < 1.29 is 0 Å². The van der Waals surface area contributed by atoms with Gasteiger partial charge in [0.25, 0.3) is 0 Å². The lowest BCUT2D eigenvalue weighted by Gasteiger charge is -2.16. The number of hydrogen-bond acceptors (Lipinski definition) is 2. The van der Waals surface area contributed by atoms with Crippen LogP contribution in [0.1, 0.15) is 27.5 Å². The van der Waals surface area contributed by atoms with Crippen molar-refractivity contribution in [2.24, 2.45) is 5.73 Å². The van der Waals surface area contributed by atoms with Crippen LogP contribution in [0.3, 0.4) is 0 Å². The van der Waals surface area contributed by atoms with Gasteiger partial charge < -0.3 is 5.73 Å². The molecule has 0 saturated carbocycles. The molecule has 2 rings (SSSR count). The maximum absolute atomic E-state index is 5.93. The molecule has 0 spiro atoms. The summed E-state index contributed by atoms with van der Waals surface area (Å²) in [5.41, 5.74) is 9.95. The van der Waals surface area contributed by atoms with Gasteiger partial charge in [-0.25, -0.2) is 0 Å². The number of benzene rings is 1. The van der Waals surface area contributed by atoms with Crippen LogP contribution in [-0.2, 0) is 6.42 Å². The van der Waals surface area contributed by atoms with Crippen molar-refractivity contribution in [3.63, 3.8) is 0 Å². The Morgan fingerprint density at radius 2 is 1.88 bits per heavy atom. The Kier molecular flexibility index (Phi) is 3.97. The van der Waals surface area contributed by atoms with Crippen molar-refractivity contribution in [3.8, 4) is 0 Å². The van der Waals surface area contributed by atoms with Crippen molar-refractivity contribution in [2.75, 3.05) is 6.54 Å². The van der Waals surface area contributed by atoms with Gasteiger partial charge in [0.05, 0.1) is 0 Å². The van der Waals surface area contributed by atoms with E-state index >= 15 is 0 Å². The summed E-state index contributed by atoms with van der Waals surface area (Å²) in [4.78, 5) is 1.42. The molecule has 0 aliphatic rings. The molecule has 1 aromatic carbocycles. The Morgan fingerprint density at radius 1 is 1.18 bits per heavy atom. The molecule has 2 N–H and O–H groups in total. The third-order valence-electron chi connectivity index (χ3n) is 3.03. The van der Waals surface area contributed by atoms with E-state index in [0.717, 1.165) is 6.42 Å². The van der Waals surface area contributed by atoms with Crippen molar-refractivity contribution in [3.05, 3.63) is 57.3 Å². The molecular formula is C15H19NS. The fraction of sp³-hybridized carbons (Fsp3) is 0.333. The average molecular weight is 245 g/mol. The maximum Gasteiger partial charge on any atom is 0.00517 e. The van der Waals surface area contributed by atoms with E-state index in [1.165, 1.54) is 21.6 Å². The lowest BCUT2D eigenvalue weighted by Crippen LogP contribution is -2.14. The molecular weight excluding hydrogens is 226 g/mol. The van der Waals surface area contributed by atoms with Gasteiger partial charge in [0.15, 0.2) is 0 Å². The molecule has 90 valence electrons. The highest BCUT2D eigenvalue weighted by molar-refractivity contribution is 7.09. The summed E-state index contributed by atoms with van der Waals surface area (Å²) in [6, 6.07) is 11.0. The first-order valence-electron chi connectivity index (χ1n) is 5.99. The lowest BCUT2D eigenvalue weighted by atomic mass is 9.92. The molecule has 0 fully saturated rings. The summed E-state index contributed by atoms with van der Waals surface area (Å²) in [5.74, 6) is 0.437. The normalized spacial score (nSPS) is 12.6. The number of nitrogens with two attached hydrogens (primary N) is 1. The van der Waals surface area contributed by atoms with Crippen LogP contribution in [0.5, 0.6) is 0 Å². The summed E-state index contributed by atoms with van der Waals surface area (Å²) < 4.78 is 0. The Balaban J connectivity index is 2.22. The number of thiophene rings is 1. The van der Waals surface area contributed by atoms with Gasteiger partial charge in [-0.15, -0.1) is 11.3 Å². The molecule has 1 unspecified atom stereocenters. The first-order chi connectivity index (χ1) is 8.19. The molecule has 0 radical (unpaired) electrons. The summed E-state index contributed by atoms with van der Waals surface area (Å²) in [5, 5.41) is 2.13. The minimum absolute atomic E-state index is 0.437. The molecule has 0 aliphatic heterocycles. The molecule has 17 heavy (non-hydrogen) atoms. The van der Waals surface area contributed by atoms with Crippen LogP contribution in [-0.4, -0.2) is 6.54 Å². The Morgan fingerprint density at radius 3 is 2.41 bits per heavy atom. The van der Waals surface area contributed by atoms with Crippen molar-refractivity contribution in [1.82, 2.24) is 0 Å². The van der Waals surface area contributed by atoms with Crippen LogP contribution < -0.4 is 5.73 Å². The van der Waals surface area contributed by atoms with Crippen LogP contribution in [0, 0.1) is 13.8 Å². The van der Waals surface area contributed by atoms with Gasteiger partial charge in [0.1, 0.15) is 0 Å². The monoisotopic (exact) mass is 245 g/mol. The van der Waals surface area contributed by atoms with Gasteiger partial charge in [0.2, 0.25) is 0 Å². The van der Waals surface area contributed by atoms with Gasteiger partial charge in [-0.05, 0) is 43.8 Å².